The van der Waals surface area contributed by atoms with Crippen molar-refractivity contribution in [1.82, 2.24) is 0 Å². The van der Waals surface area contributed by atoms with Gasteiger partial charge in [0.2, 0.25) is 0 Å². The molecule has 0 aromatic heterocycles. The maximum atomic E-state index is 13.8. The van der Waals surface area contributed by atoms with Crippen LogP contribution in [0.4, 0.5) is 14.5 Å². The maximum Gasteiger partial charge on any atom is 0.182 e. The zero-order chi connectivity index (χ0) is 12.7. The number of nitrogens with one attached hydrogen (secondary N) is 1. The second-order valence-electron chi connectivity index (χ2n) is 5.28. The highest BCUT2D eigenvalue weighted by atomic mass is 19.2. The van der Waals surface area contributed by atoms with E-state index >= 15 is 0 Å². The molecule has 0 amide bonds. The molecule has 1 fully saturated rings. The first kappa shape index (κ1) is 11.8. The van der Waals surface area contributed by atoms with E-state index in [2.05, 4.69) is 5.32 Å². The van der Waals surface area contributed by atoms with E-state index in [0.717, 1.165) is 37.7 Å². The molecule has 1 aromatic rings. The normalized spacial score (nSPS) is 22.9. The highest BCUT2D eigenvalue weighted by molar-refractivity contribution is 5.61. The lowest BCUT2D eigenvalue weighted by atomic mass is 9.94. The lowest BCUT2D eigenvalue weighted by molar-refractivity contribution is 0.118. The fourth-order valence-electron chi connectivity index (χ4n) is 2.49. The number of benzene rings is 1. The Morgan fingerprint density at radius 1 is 1.28 bits per heavy atom. The molecule has 1 N–H and O–H groups in total. The molecule has 1 heterocycles. The molecule has 1 aliphatic heterocycles. The van der Waals surface area contributed by atoms with Gasteiger partial charge >= 0.3 is 0 Å². The van der Waals surface area contributed by atoms with Crippen molar-refractivity contribution in [1.29, 1.82) is 0 Å². The fraction of sp³-hybridized carbons (Fsp3) is 0.571. The minimum atomic E-state index is -0.829. The van der Waals surface area contributed by atoms with Crippen LogP contribution in [-0.4, -0.2) is 12.1 Å². The third-order valence-electron chi connectivity index (χ3n) is 3.85. The lowest BCUT2D eigenvalue weighted by Crippen LogP contribution is -2.28. The molecule has 3 rings (SSSR count). The van der Waals surface area contributed by atoms with Crippen molar-refractivity contribution >= 4 is 5.69 Å². The van der Waals surface area contributed by atoms with E-state index < -0.39 is 11.6 Å². The van der Waals surface area contributed by atoms with Gasteiger partial charge in [-0.15, -0.1) is 0 Å². The molecule has 0 radical (unpaired) electrons. The topological polar surface area (TPSA) is 21.3 Å². The number of ether oxygens (including phenoxy) is 1. The number of hydrogen-bond acceptors (Lipinski definition) is 2. The summed E-state index contributed by atoms with van der Waals surface area (Å²) in [6.07, 6.45) is 5.02. The molecule has 1 saturated carbocycles. The second kappa shape index (κ2) is 4.41. The minimum Gasteiger partial charge on any atom is -0.490 e. The average molecular weight is 253 g/mol. The smallest absolute Gasteiger partial charge is 0.182 e. The third-order valence-corrected chi connectivity index (χ3v) is 3.85. The molecule has 1 unspecified atom stereocenters. The molecule has 98 valence electrons. The monoisotopic (exact) mass is 253 g/mol. The molecular formula is C14H17F2NO. The standard InChI is InChI=1S/C14H17F2NO/c1-8-5-6-10-12(18-9-3-2-4-9)7-11(15)13(16)14(10)17-8/h7-9,17H,2-6H2,1H3. The number of rotatable bonds is 2. The summed E-state index contributed by atoms with van der Waals surface area (Å²) in [7, 11) is 0. The van der Waals surface area contributed by atoms with Gasteiger partial charge in [-0.1, -0.05) is 0 Å². The van der Waals surface area contributed by atoms with Gasteiger partial charge in [-0.3, -0.25) is 0 Å². The van der Waals surface area contributed by atoms with E-state index in [1.807, 2.05) is 6.92 Å². The number of hydrogen-bond donors (Lipinski definition) is 1. The molecule has 1 atom stereocenters. The summed E-state index contributed by atoms with van der Waals surface area (Å²) in [5.41, 5.74) is 1.09. The highest BCUT2D eigenvalue weighted by Crippen LogP contribution is 2.38. The van der Waals surface area contributed by atoms with Crippen LogP contribution >= 0.6 is 0 Å². The van der Waals surface area contributed by atoms with Gasteiger partial charge < -0.3 is 10.1 Å². The third kappa shape index (κ3) is 1.93. The van der Waals surface area contributed by atoms with Gasteiger partial charge in [0.05, 0.1) is 11.8 Å². The van der Waals surface area contributed by atoms with Crippen molar-refractivity contribution in [2.45, 2.75) is 51.2 Å². The quantitative estimate of drug-likeness (QED) is 0.868. The molecule has 0 bridgehead atoms. The van der Waals surface area contributed by atoms with E-state index in [1.165, 1.54) is 6.07 Å². The minimum absolute atomic E-state index is 0.172. The van der Waals surface area contributed by atoms with E-state index in [1.54, 1.807) is 0 Å². The van der Waals surface area contributed by atoms with Gasteiger partial charge in [0.15, 0.2) is 11.6 Å². The molecule has 4 heteroatoms. The first-order valence-corrected chi connectivity index (χ1v) is 6.59. The van der Waals surface area contributed by atoms with Crippen molar-refractivity contribution in [3.05, 3.63) is 23.3 Å². The van der Waals surface area contributed by atoms with Gasteiger partial charge in [0.1, 0.15) is 5.75 Å². The molecule has 18 heavy (non-hydrogen) atoms. The number of fused-ring (bicyclic) bond motifs is 1. The zero-order valence-electron chi connectivity index (χ0n) is 10.4. The van der Waals surface area contributed by atoms with Gasteiger partial charge in [-0.2, -0.15) is 0 Å². The summed E-state index contributed by atoms with van der Waals surface area (Å²) in [6, 6.07) is 1.37. The molecule has 2 aliphatic rings. The molecular weight excluding hydrogens is 236 g/mol. The molecule has 1 aliphatic carbocycles. The van der Waals surface area contributed by atoms with Crippen molar-refractivity contribution < 1.29 is 13.5 Å². The lowest BCUT2D eigenvalue weighted by Gasteiger charge is -2.31. The molecule has 0 saturated heterocycles. The Bertz CT molecular complexity index is 471. The van der Waals surface area contributed by atoms with E-state index in [9.17, 15) is 8.78 Å². The molecule has 2 nitrogen and oxygen atoms in total. The Morgan fingerprint density at radius 2 is 2.06 bits per heavy atom. The molecule has 1 aromatic carbocycles. The van der Waals surface area contributed by atoms with Crippen molar-refractivity contribution in [3.63, 3.8) is 0 Å². The van der Waals surface area contributed by atoms with Gasteiger partial charge in [-0.05, 0) is 39.0 Å². The largest absolute Gasteiger partial charge is 0.490 e. The van der Waals surface area contributed by atoms with Crippen molar-refractivity contribution in [3.8, 4) is 5.75 Å². The van der Waals surface area contributed by atoms with Crippen LogP contribution in [0.3, 0.4) is 0 Å². The van der Waals surface area contributed by atoms with Crippen LogP contribution in [-0.2, 0) is 6.42 Å². The number of anilines is 1. The van der Waals surface area contributed by atoms with E-state index in [-0.39, 0.29) is 12.1 Å². The van der Waals surface area contributed by atoms with Crippen LogP contribution in [0.2, 0.25) is 0 Å². The van der Waals surface area contributed by atoms with Crippen LogP contribution in [0.15, 0.2) is 6.07 Å². The zero-order valence-corrected chi connectivity index (χ0v) is 10.4. The highest BCUT2D eigenvalue weighted by Gasteiger charge is 2.27. The summed E-state index contributed by atoms with van der Waals surface area (Å²) in [5, 5.41) is 3.02. The summed E-state index contributed by atoms with van der Waals surface area (Å²) in [4.78, 5) is 0. The fourth-order valence-corrected chi connectivity index (χ4v) is 2.49. The van der Waals surface area contributed by atoms with Gasteiger partial charge in [0.25, 0.3) is 0 Å². The predicted octanol–water partition coefficient (Wildman–Crippen LogP) is 3.64. The summed E-state index contributed by atoms with van der Waals surface area (Å²) >= 11 is 0. The van der Waals surface area contributed by atoms with E-state index in [0.29, 0.717) is 11.4 Å². The number of halogens is 2. The predicted molar refractivity (Wildman–Crippen MR) is 66.0 cm³/mol. The summed E-state index contributed by atoms with van der Waals surface area (Å²) in [6.45, 7) is 1.97. The van der Waals surface area contributed by atoms with Crippen LogP contribution in [0.25, 0.3) is 0 Å². The van der Waals surface area contributed by atoms with Gasteiger partial charge in [-0.25, -0.2) is 8.78 Å². The van der Waals surface area contributed by atoms with Crippen LogP contribution in [0.1, 0.15) is 38.2 Å². The first-order valence-electron chi connectivity index (χ1n) is 6.59. The first-order chi connectivity index (χ1) is 8.65. The summed E-state index contributed by atoms with van der Waals surface area (Å²) < 4.78 is 33.1. The Hall–Kier alpha value is -1.32. The Balaban J connectivity index is 1.97. The molecule has 0 spiro atoms. The van der Waals surface area contributed by atoms with Crippen LogP contribution in [0, 0.1) is 11.6 Å². The van der Waals surface area contributed by atoms with Gasteiger partial charge in [0, 0.05) is 17.7 Å². The maximum absolute atomic E-state index is 13.8. The summed E-state index contributed by atoms with van der Waals surface area (Å²) in [5.74, 6) is -1.09. The van der Waals surface area contributed by atoms with Crippen LogP contribution < -0.4 is 10.1 Å². The van der Waals surface area contributed by atoms with Crippen molar-refractivity contribution in [2.24, 2.45) is 0 Å². The van der Waals surface area contributed by atoms with E-state index in [4.69, 9.17) is 4.74 Å². The average Bonchev–Trinajstić information content (AvgIpc) is 2.29. The Labute approximate surface area is 105 Å². The Morgan fingerprint density at radius 3 is 2.72 bits per heavy atom. The van der Waals surface area contributed by atoms with Crippen molar-refractivity contribution in [2.75, 3.05) is 5.32 Å². The SMILES string of the molecule is CC1CCc2c(OC3CCC3)cc(F)c(F)c2N1. The second-order valence-corrected chi connectivity index (χ2v) is 5.28. The van der Waals surface area contributed by atoms with Crippen LogP contribution in [0.5, 0.6) is 5.75 Å². The Kier molecular flexibility index (Phi) is 2.88.